The molecule has 0 radical (unpaired) electrons. The summed E-state index contributed by atoms with van der Waals surface area (Å²) in [6, 6.07) is 7.48. The fourth-order valence-electron chi connectivity index (χ4n) is 1.63. The van der Waals surface area contributed by atoms with Crippen LogP contribution in [0.25, 0.3) is 0 Å². The van der Waals surface area contributed by atoms with Gasteiger partial charge in [0.1, 0.15) is 5.75 Å². The summed E-state index contributed by atoms with van der Waals surface area (Å²) in [5.74, 6) is 0.888. The molecule has 0 heterocycles. The van der Waals surface area contributed by atoms with Gasteiger partial charge in [0.05, 0.1) is 12.9 Å². The number of hydrogen-bond donors (Lipinski definition) is 1. The van der Waals surface area contributed by atoms with Crippen molar-refractivity contribution in [1.82, 2.24) is 4.72 Å². The largest absolute Gasteiger partial charge is 0.496 e. The van der Waals surface area contributed by atoms with E-state index in [1.54, 1.807) is 14.0 Å². The van der Waals surface area contributed by atoms with Crippen LogP contribution < -0.4 is 9.46 Å². The highest BCUT2D eigenvalue weighted by molar-refractivity contribution is 7.89. The van der Waals surface area contributed by atoms with Crippen LogP contribution in [-0.4, -0.2) is 27.3 Å². The number of ether oxygens (including phenoxy) is 1. The molecule has 0 aliphatic rings. The Hall–Kier alpha value is -1.07. The highest BCUT2D eigenvalue weighted by atomic mass is 32.2. The average molecular weight is 257 g/mol. The molecule has 0 amide bonds. The highest BCUT2D eigenvalue weighted by Gasteiger charge is 2.13. The zero-order valence-corrected chi connectivity index (χ0v) is 11.3. The molecular formula is C12H19NO3S. The summed E-state index contributed by atoms with van der Waals surface area (Å²) in [6.07, 6.45) is 0.614. The summed E-state index contributed by atoms with van der Waals surface area (Å²) in [5, 5.41) is 0. The van der Waals surface area contributed by atoms with E-state index in [0.717, 1.165) is 11.3 Å². The minimum absolute atomic E-state index is 0.100. The van der Waals surface area contributed by atoms with Gasteiger partial charge in [0.25, 0.3) is 0 Å². The quantitative estimate of drug-likeness (QED) is 0.841. The maximum atomic E-state index is 11.4. The van der Waals surface area contributed by atoms with E-state index in [-0.39, 0.29) is 11.8 Å². The van der Waals surface area contributed by atoms with Crippen molar-refractivity contribution >= 4 is 10.0 Å². The SMILES string of the molecule is CCS(=O)(=O)NC(C)Cc1ccccc1OC. The van der Waals surface area contributed by atoms with Crippen LogP contribution >= 0.6 is 0 Å². The zero-order chi connectivity index (χ0) is 12.9. The predicted octanol–water partition coefficient (Wildman–Crippen LogP) is 1.57. The van der Waals surface area contributed by atoms with Crippen molar-refractivity contribution in [3.05, 3.63) is 29.8 Å². The van der Waals surface area contributed by atoms with E-state index < -0.39 is 10.0 Å². The van der Waals surface area contributed by atoms with Crippen LogP contribution in [0.4, 0.5) is 0 Å². The number of sulfonamides is 1. The maximum absolute atomic E-state index is 11.4. The number of hydrogen-bond acceptors (Lipinski definition) is 3. The molecule has 0 saturated heterocycles. The highest BCUT2D eigenvalue weighted by Crippen LogP contribution is 2.18. The van der Waals surface area contributed by atoms with Crippen LogP contribution in [0.2, 0.25) is 0 Å². The van der Waals surface area contributed by atoms with Crippen molar-refractivity contribution in [2.24, 2.45) is 0 Å². The van der Waals surface area contributed by atoms with Gasteiger partial charge in [-0.05, 0) is 31.9 Å². The third-order valence-corrected chi connectivity index (χ3v) is 4.00. The molecule has 1 N–H and O–H groups in total. The Balaban J connectivity index is 2.71. The first kappa shape index (κ1) is 14.0. The molecular weight excluding hydrogens is 238 g/mol. The third-order valence-electron chi connectivity index (χ3n) is 2.48. The first-order valence-corrected chi connectivity index (χ1v) is 7.25. The molecule has 1 rings (SSSR count). The molecule has 0 saturated carbocycles. The molecule has 4 nitrogen and oxygen atoms in total. The summed E-state index contributed by atoms with van der Waals surface area (Å²) in [7, 11) is -1.54. The Morgan fingerprint density at radius 2 is 2.00 bits per heavy atom. The van der Waals surface area contributed by atoms with E-state index in [0.29, 0.717) is 6.42 Å². The van der Waals surface area contributed by atoms with Gasteiger partial charge >= 0.3 is 0 Å². The molecule has 1 atom stereocenters. The summed E-state index contributed by atoms with van der Waals surface area (Å²) < 4.78 is 30.7. The Bertz CT molecular complexity index is 457. The van der Waals surface area contributed by atoms with Crippen molar-refractivity contribution in [2.75, 3.05) is 12.9 Å². The topological polar surface area (TPSA) is 55.4 Å². The maximum Gasteiger partial charge on any atom is 0.211 e. The van der Waals surface area contributed by atoms with E-state index in [1.165, 1.54) is 0 Å². The van der Waals surface area contributed by atoms with Crippen molar-refractivity contribution < 1.29 is 13.2 Å². The van der Waals surface area contributed by atoms with Gasteiger partial charge in [0.2, 0.25) is 10.0 Å². The van der Waals surface area contributed by atoms with Gasteiger partial charge in [-0.3, -0.25) is 0 Å². The molecule has 0 fully saturated rings. The van der Waals surface area contributed by atoms with Crippen LogP contribution in [-0.2, 0) is 16.4 Å². The molecule has 1 aromatic rings. The number of rotatable bonds is 6. The van der Waals surface area contributed by atoms with Crippen molar-refractivity contribution in [1.29, 1.82) is 0 Å². The molecule has 0 spiro atoms. The number of methoxy groups -OCH3 is 1. The second-order valence-corrected chi connectivity index (χ2v) is 5.98. The normalized spacial score (nSPS) is 13.4. The molecule has 1 aromatic carbocycles. The minimum atomic E-state index is -3.15. The van der Waals surface area contributed by atoms with Gasteiger partial charge in [-0.15, -0.1) is 0 Å². The van der Waals surface area contributed by atoms with E-state index in [1.807, 2.05) is 31.2 Å². The predicted molar refractivity (Wildman–Crippen MR) is 68.8 cm³/mol. The second kappa shape index (κ2) is 6.02. The third kappa shape index (κ3) is 4.36. The fourth-order valence-corrected chi connectivity index (χ4v) is 2.50. The smallest absolute Gasteiger partial charge is 0.211 e. The second-order valence-electron chi connectivity index (χ2n) is 3.94. The average Bonchev–Trinajstić information content (AvgIpc) is 2.29. The zero-order valence-electron chi connectivity index (χ0n) is 10.4. The Kier molecular flexibility index (Phi) is 4.96. The van der Waals surface area contributed by atoms with Crippen LogP contribution in [0.15, 0.2) is 24.3 Å². The summed E-state index contributed by atoms with van der Waals surface area (Å²) >= 11 is 0. The Morgan fingerprint density at radius 3 is 2.59 bits per heavy atom. The van der Waals surface area contributed by atoms with Crippen LogP contribution in [0.1, 0.15) is 19.4 Å². The lowest BCUT2D eigenvalue weighted by Gasteiger charge is -2.15. The lowest BCUT2D eigenvalue weighted by molar-refractivity contribution is 0.407. The number of benzene rings is 1. The lowest BCUT2D eigenvalue weighted by atomic mass is 10.1. The van der Waals surface area contributed by atoms with E-state index in [4.69, 9.17) is 4.74 Å². The molecule has 96 valence electrons. The minimum Gasteiger partial charge on any atom is -0.496 e. The first-order valence-electron chi connectivity index (χ1n) is 5.60. The number of nitrogens with one attached hydrogen (secondary N) is 1. The van der Waals surface area contributed by atoms with Crippen LogP contribution in [0, 0.1) is 0 Å². The molecule has 0 aromatic heterocycles. The fraction of sp³-hybridized carbons (Fsp3) is 0.500. The van der Waals surface area contributed by atoms with Crippen LogP contribution in [0.3, 0.4) is 0 Å². The molecule has 1 unspecified atom stereocenters. The van der Waals surface area contributed by atoms with Gasteiger partial charge in [0.15, 0.2) is 0 Å². The summed E-state index contributed by atoms with van der Waals surface area (Å²) in [4.78, 5) is 0. The van der Waals surface area contributed by atoms with E-state index in [2.05, 4.69) is 4.72 Å². The summed E-state index contributed by atoms with van der Waals surface area (Å²) in [6.45, 7) is 3.47. The van der Waals surface area contributed by atoms with Crippen LogP contribution in [0.5, 0.6) is 5.75 Å². The van der Waals surface area contributed by atoms with Crippen molar-refractivity contribution in [3.8, 4) is 5.75 Å². The molecule has 0 bridgehead atoms. The van der Waals surface area contributed by atoms with E-state index >= 15 is 0 Å². The monoisotopic (exact) mass is 257 g/mol. The first-order chi connectivity index (χ1) is 7.98. The van der Waals surface area contributed by atoms with Gasteiger partial charge in [-0.2, -0.15) is 0 Å². The summed E-state index contributed by atoms with van der Waals surface area (Å²) in [5.41, 5.74) is 1.00. The van der Waals surface area contributed by atoms with Gasteiger partial charge < -0.3 is 4.74 Å². The molecule has 0 aliphatic carbocycles. The molecule has 5 heteroatoms. The number of para-hydroxylation sites is 1. The van der Waals surface area contributed by atoms with E-state index in [9.17, 15) is 8.42 Å². The van der Waals surface area contributed by atoms with Gasteiger partial charge in [-0.1, -0.05) is 18.2 Å². The van der Waals surface area contributed by atoms with Gasteiger partial charge in [0, 0.05) is 6.04 Å². The Morgan fingerprint density at radius 1 is 1.35 bits per heavy atom. The standard InChI is InChI=1S/C12H19NO3S/c1-4-17(14,15)13-10(2)9-11-7-5-6-8-12(11)16-3/h5-8,10,13H,4,9H2,1-3H3. The van der Waals surface area contributed by atoms with Crippen molar-refractivity contribution in [2.45, 2.75) is 26.3 Å². The lowest BCUT2D eigenvalue weighted by Crippen LogP contribution is -2.35. The Labute approximate surface area is 103 Å². The molecule has 0 aliphatic heterocycles. The van der Waals surface area contributed by atoms with Crippen molar-refractivity contribution in [3.63, 3.8) is 0 Å². The molecule has 17 heavy (non-hydrogen) atoms. The van der Waals surface area contributed by atoms with Gasteiger partial charge in [-0.25, -0.2) is 13.1 Å².